The van der Waals surface area contributed by atoms with Gasteiger partial charge in [0.1, 0.15) is 5.75 Å². The Morgan fingerprint density at radius 1 is 1.27 bits per heavy atom. The van der Waals surface area contributed by atoms with Crippen LogP contribution in [0.3, 0.4) is 0 Å². The maximum atomic E-state index is 13.1. The summed E-state index contributed by atoms with van der Waals surface area (Å²) in [5.41, 5.74) is 0.0782. The van der Waals surface area contributed by atoms with Crippen molar-refractivity contribution in [1.29, 1.82) is 0 Å². The van der Waals surface area contributed by atoms with E-state index in [4.69, 9.17) is 5.11 Å². The standard InChI is InChI=1S/C11H13F2NO/c1-10(6-11(12,13)7-14-10)8-2-4-9(15)5-3-8/h2-5,14-15H,6-7H2,1H3. The van der Waals surface area contributed by atoms with Crippen LogP contribution in [0.5, 0.6) is 5.75 Å². The van der Waals surface area contributed by atoms with Crippen LogP contribution >= 0.6 is 0 Å². The van der Waals surface area contributed by atoms with E-state index in [0.29, 0.717) is 0 Å². The first-order valence-electron chi connectivity index (χ1n) is 4.84. The fourth-order valence-corrected chi connectivity index (χ4v) is 2.00. The zero-order chi connectivity index (χ0) is 11.1. The van der Waals surface area contributed by atoms with E-state index in [2.05, 4.69) is 5.32 Å². The molecule has 0 aromatic heterocycles. The molecule has 1 aromatic rings. The maximum absolute atomic E-state index is 13.1. The van der Waals surface area contributed by atoms with Crippen molar-refractivity contribution in [2.24, 2.45) is 0 Å². The zero-order valence-electron chi connectivity index (χ0n) is 8.43. The Hall–Kier alpha value is -1.16. The average molecular weight is 213 g/mol. The summed E-state index contributed by atoms with van der Waals surface area (Å²) in [6.07, 6.45) is -0.204. The second-order valence-corrected chi connectivity index (χ2v) is 4.27. The number of halogens is 2. The first kappa shape index (κ1) is 10.4. The van der Waals surface area contributed by atoms with Gasteiger partial charge in [0.05, 0.1) is 6.54 Å². The molecular formula is C11H13F2NO. The molecular weight excluding hydrogens is 200 g/mol. The summed E-state index contributed by atoms with van der Waals surface area (Å²) >= 11 is 0. The van der Waals surface area contributed by atoms with Crippen LogP contribution in [0.25, 0.3) is 0 Å². The van der Waals surface area contributed by atoms with Crippen LogP contribution in [0.15, 0.2) is 24.3 Å². The molecule has 4 heteroatoms. The largest absolute Gasteiger partial charge is 0.508 e. The molecule has 2 nitrogen and oxygen atoms in total. The molecule has 0 radical (unpaired) electrons. The number of benzene rings is 1. The number of hydrogen-bond donors (Lipinski definition) is 2. The van der Waals surface area contributed by atoms with Gasteiger partial charge in [0, 0.05) is 12.0 Å². The normalized spacial score (nSPS) is 29.3. The van der Waals surface area contributed by atoms with Crippen molar-refractivity contribution in [3.8, 4) is 5.75 Å². The van der Waals surface area contributed by atoms with E-state index >= 15 is 0 Å². The summed E-state index contributed by atoms with van der Waals surface area (Å²) in [6.45, 7) is 1.46. The zero-order valence-corrected chi connectivity index (χ0v) is 8.43. The Morgan fingerprint density at radius 2 is 1.87 bits per heavy atom. The Bertz CT molecular complexity index is 363. The quantitative estimate of drug-likeness (QED) is 0.749. The van der Waals surface area contributed by atoms with Crippen molar-refractivity contribution >= 4 is 0 Å². The van der Waals surface area contributed by atoms with Crippen molar-refractivity contribution in [3.05, 3.63) is 29.8 Å². The van der Waals surface area contributed by atoms with E-state index in [9.17, 15) is 8.78 Å². The lowest BCUT2D eigenvalue weighted by Crippen LogP contribution is -2.32. The van der Waals surface area contributed by atoms with Gasteiger partial charge in [-0.1, -0.05) is 12.1 Å². The van der Waals surface area contributed by atoms with Gasteiger partial charge < -0.3 is 10.4 Å². The molecule has 0 spiro atoms. The van der Waals surface area contributed by atoms with Crippen molar-refractivity contribution in [2.75, 3.05) is 6.54 Å². The highest BCUT2D eigenvalue weighted by molar-refractivity contribution is 5.32. The fraction of sp³-hybridized carbons (Fsp3) is 0.455. The third-order valence-corrected chi connectivity index (χ3v) is 2.85. The SMILES string of the molecule is CC1(c2ccc(O)cc2)CC(F)(F)CN1. The number of rotatable bonds is 1. The van der Waals surface area contributed by atoms with Crippen LogP contribution in [0, 0.1) is 0 Å². The van der Waals surface area contributed by atoms with Crippen molar-refractivity contribution < 1.29 is 13.9 Å². The maximum Gasteiger partial charge on any atom is 0.262 e. The number of phenols is 1. The third kappa shape index (κ3) is 1.95. The molecule has 0 aliphatic carbocycles. The minimum absolute atomic E-state index is 0.145. The van der Waals surface area contributed by atoms with E-state index in [0.717, 1.165) is 5.56 Å². The van der Waals surface area contributed by atoms with E-state index in [1.54, 1.807) is 19.1 Å². The highest BCUT2D eigenvalue weighted by Gasteiger charge is 2.47. The van der Waals surface area contributed by atoms with Gasteiger partial charge in [0.2, 0.25) is 0 Å². The van der Waals surface area contributed by atoms with Gasteiger partial charge in [-0.25, -0.2) is 8.78 Å². The fourth-order valence-electron chi connectivity index (χ4n) is 2.00. The van der Waals surface area contributed by atoms with Crippen LogP contribution in [0.2, 0.25) is 0 Å². The first-order valence-corrected chi connectivity index (χ1v) is 4.84. The van der Waals surface area contributed by atoms with E-state index in [1.165, 1.54) is 12.1 Å². The third-order valence-electron chi connectivity index (χ3n) is 2.85. The van der Waals surface area contributed by atoms with Gasteiger partial charge in [-0.15, -0.1) is 0 Å². The minimum atomic E-state index is -2.65. The van der Waals surface area contributed by atoms with Crippen molar-refractivity contribution in [1.82, 2.24) is 5.32 Å². The number of aromatic hydroxyl groups is 1. The minimum Gasteiger partial charge on any atom is -0.508 e. The van der Waals surface area contributed by atoms with Gasteiger partial charge in [0.15, 0.2) is 0 Å². The summed E-state index contributed by atoms with van der Waals surface area (Å²) in [7, 11) is 0. The molecule has 15 heavy (non-hydrogen) atoms. The van der Waals surface area contributed by atoms with Crippen LogP contribution in [0.1, 0.15) is 18.9 Å². The van der Waals surface area contributed by atoms with E-state index in [-0.39, 0.29) is 18.7 Å². The molecule has 0 amide bonds. The van der Waals surface area contributed by atoms with Crippen molar-refractivity contribution in [3.63, 3.8) is 0 Å². The molecule has 82 valence electrons. The predicted molar refractivity (Wildman–Crippen MR) is 53.0 cm³/mol. The predicted octanol–water partition coefficient (Wildman–Crippen LogP) is 2.24. The number of hydrogen-bond acceptors (Lipinski definition) is 2. The van der Waals surface area contributed by atoms with Gasteiger partial charge >= 0.3 is 0 Å². The van der Waals surface area contributed by atoms with E-state index in [1.807, 2.05) is 0 Å². The second-order valence-electron chi connectivity index (χ2n) is 4.27. The molecule has 1 fully saturated rings. The molecule has 1 unspecified atom stereocenters. The summed E-state index contributed by atoms with van der Waals surface area (Å²) in [6, 6.07) is 6.37. The van der Waals surface area contributed by atoms with Gasteiger partial charge in [-0.2, -0.15) is 0 Å². The topological polar surface area (TPSA) is 32.3 Å². The monoisotopic (exact) mass is 213 g/mol. The molecule has 1 heterocycles. The lowest BCUT2D eigenvalue weighted by atomic mass is 9.90. The molecule has 0 bridgehead atoms. The summed E-state index contributed by atoms with van der Waals surface area (Å²) < 4.78 is 26.2. The molecule has 0 saturated carbocycles. The molecule has 1 aromatic carbocycles. The number of nitrogens with one attached hydrogen (secondary N) is 1. The lowest BCUT2D eigenvalue weighted by molar-refractivity contribution is 0.0165. The highest BCUT2D eigenvalue weighted by Crippen LogP contribution is 2.39. The Morgan fingerprint density at radius 3 is 2.33 bits per heavy atom. The Labute approximate surface area is 86.9 Å². The van der Waals surface area contributed by atoms with Gasteiger partial charge in [-0.3, -0.25) is 0 Å². The van der Waals surface area contributed by atoms with Crippen LogP contribution < -0.4 is 5.32 Å². The molecule has 1 saturated heterocycles. The van der Waals surface area contributed by atoms with E-state index < -0.39 is 11.5 Å². The number of phenolic OH excluding ortho intramolecular Hbond substituents is 1. The molecule has 2 N–H and O–H groups in total. The Balaban J connectivity index is 2.27. The first-order chi connectivity index (χ1) is 6.91. The van der Waals surface area contributed by atoms with Gasteiger partial charge in [-0.05, 0) is 24.6 Å². The van der Waals surface area contributed by atoms with Crippen LogP contribution in [0.4, 0.5) is 8.78 Å². The highest BCUT2D eigenvalue weighted by atomic mass is 19.3. The summed E-state index contributed by atoms with van der Waals surface area (Å²) in [5.74, 6) is -2.50. The smallest absolute Gasteiger partial charge is 0.262 e. The van der Waals surface area contributed by atoms with Crippen molar-refractivity contribution in [2.45, 2.75) is 24.8 Å². The number of alkyl halides is 2. The molecule has 1 atom stereocenters. The van der Waals surface area contributed by atoms with Gasteiger partial charge in [0.25, 0.3) is 5.92 Å². The lowest BCUT2D eigenvalue weighted by Gasteiger charge is -2.24. The molecule has 2 rings (SSSR count). The Kier molecular flexibility index (Phi) is 2.19. The second kappa shape index (κ2) is 3.17. The average Bonchev–Trinajstić information content (AvgIpc) is 2.43. The van der Waals surface area contributed by atoms with Crippen LogP contribution in [-0.4, -0.2) is 17.6 Å². The van der Waals surface area contributed by atoms with Crippen LogP contribution in [-0.2, 0) is 5.54 Å². The molecule has 1 aliphatic rings. The summed E-state index contributed by atoms with van der Waals surface area (Å²) in [5, 5.41) is 11.9. The molecule has 1 aliphatic heterocycles. The summed E-state index contributed by atoms with van der Waals surface area (Å²) in [4.78, 5) is 0.